The first-order chi connectivity index (χ1) is 21.5. The second-order valence-electron chi connectivity index (χ2n) is 12.0. The normalized spacial score (nSPS) is 10.9. The number of unbranched alkanes of at least 4 members (excludes halogenated alkanes) is 13. The topological polar surface area (TPSA) is 92.3 Å². The predicted octanol–water partition coefficient (Wildman–Crippen LogP) is 9.27. The summed E-state index contributed by atoms with van der Waals surface area (Å²) in [6.07, 6.45) is 18.7. The van der Waals surface area contributed by atoms with Gasteiger partial charge in [0.1, 0.15) is 0 Å². The molecule has 0 heterocycles. The molecule has 2 aromatic carbocycles. The molecule has 0 aliphatic rings. The summed E-state index contributed by atoms with van der Waals surface area (Å²) in [6, 6.07) is 14.0. The predicted molar refractivity (Wildman–Crippen MR) is 181 cm³/mol. The van der Waals surface area contributed by atoms with Crippen LogP contribution in [0.3, 0.4) is 0 Å². The number of Topliss-reactive ketones (excluding diaryl/α,β-unsaturated/α-hetero) is 2. The average molecular weight is 605 g/mol. The zero-order chi connectivity index (χ0) is 31.8. The lowest BCUT2D eigenvalue weighted by Crippen LogP contribution is -2.25. The number of benzene rings is 2. The van der Waals surface area contributed by atoms with E-state index in [2.05, 4.69) is 24.5 Å². The highest BCUT2D eigenvalue weighted by Crippen LogP contribution is 2.14. The fourth-order valence-corrected chi connectivity index (χ4v) is 5.25. The number of rotatable bonds is 25. The third-order valence-electron chi connectivity index (χ3n) is 8.13. The van der Waals surface area contributed by atoms with Gasteiger partial charge in [0.25, 0.3) is 11.8 Å². The molecule has 0 fully saturated rings. The van der Waals surface area contributed by atoms with Crippen LogP contribution in [0.4, 0.5) is 0 Å². The van der Waals surface area contributed by atoms with E-state index >= 15 is 0 Å². The molecule has 242 valence electrons. The highest BCUT2D eigenvalue weighted by Gasteiger charge is 2.10. The van der Waals surface area contributed by atoms with Crippen molar-refractivity contribution in [1.82, 2.24) is 10.6 Å². The van der Waals surface area contributed by atoms with Gasteiger partial charge in [0.05, 0.1) is 0 Å². The molecule has 0 spiro atoms. The first-order valence-electron chi connectivity index (χ1n) is 17.3. The molecule has 6 nitrogen and oxygen atoms in total. The van der Waals surface area contributed by atoms with E-state index in [-0.39, 0.29) is 23.4 Å². The van der Waals surface area contributed by atoms with Crippen molar-refractivity contribution in [1.29, 1.82) is 0 Å². The number of hydrogen-bond donors (Lipinski definition) is 2. The third-order valence-corrected chi connectivity index (χ3v) is 8.13. The zero-order valence-electron chi connectivity index (χ0n) is 27.4. The maximum Gasteiger partial charge on any atom is 0.251 e. The summed E-state index contributed by atoms with van der Waals surface area (Å²) in [7, 11) is 0. The van der Waals surface area contributed by atoms with Crippen LogP contribution in [-0.2, 0) is 0 Å². The van der Waals surface area contributed by atoms with Crippen LogP contribution < -0.4 is 10.6 Å². The van der Waals surface area contributed by atoms with Crippen LogP contribution in [0, 0.1) is 0 Å². The van der Waals surface area contributed by atoms with Gasteiger partial charge in [-0.25, -0.2) is 0 Å². The fourth-order valence-electron chi connectivity index (χ4n) is 5.25. The van der Waals surface area contributed by atoms with E-state index < -0.39 is 0 Å². The smallest absolute Gasteiger partial charge is 0.251 e. The van der Waals surface area contributed by atoms with Crippen molar-refractivity contribution >= 4 is 23.4 Å². The van der Waals surface area contributed by atoms with Crippen molar-refractivity contribution in [2.24, 2.45) is 0 Å². The molecule has 6 heteroatoms. The maximum absolute atomic E-state index is 12.5. The number of carbonyl (C=O) groups is 4. The van der Waals surface area contributed by atoms with Crippen LogP contribution in [0.2, 0.25) is 0 Å². The van der Waals surface area contributed by atoms with E-state index in [0.29, 0.717) is 48.2 Å². The molecular weight excluding hydrogens is 548 g/mol. The molecule has 0 aliphatic carbocycles. The first-order valence-corrected chi connectivity index (χ1v) is 17.3. The molecule has 2 amide bonds. The molecule has 0 unspecified atom stereocenters. The van der Waals surface area contributed by atoms with Crippen LogP contribution in [0.15, 0.2) is 48.5 Å². The highest BCUT2D eigenvalue weighted by molar-refractivity contribution is 5.99. The Morgan fingerprint density at radius 2 is 0.705 bits per heavy atom. The van der Waals surface area contributed by atoms with Crippen LogP contribution in [0.1, 0.15) is 171 Å². The van der Waals surface area contributed by atoms with E-state index in [1.165, 1.54) is 51.4 Å². The standard InChI is InChI=1S/C38H56N2O4/c1-3-5-7-9-11-15-19-35(41)31-21-25-33(26-22-31)37(43)39-29-17-13-14-18-30-40-38(44)34-27-23-32(24-28-34)36(42)20-16-12-10-8-6-4-2/h21-28H,3-20,29-30H2,1-2H3,(H,39,43)(H,40,44). The Labute approximate surface area is 266 Å². The van der Waals surface area contributed by atoms with E-state index in [4.69, 9.17) is 0 Å². The van der Waals surface area contributed by atoms with Crippen LogP contribution in [0.25, 0.3) is 0 Å². The molecule has 0 aromatic heterocycles. The molecule has 0 aliphatic heterocycles. The van der Waals surface area contributed by atoms with Gasteiger partial charge >= 0.3 is 0 Å². The van der Waals surface area contributed by atoms with Crippen LogP contribution >= 0.6 is 0 Å². The Balaban J connectivity index is 1.53. The number of nitrogens with one attached hydrogen (secondary N) is 2. The second kappa shape index (κ2) is 23.1. The number of ketones is 2. The Morgan fingerprint density at radius 3 is 1.07 bits per heavy atom. The lowest BCUT2D eigenvalue weighted by molar-refractivity contribution is 0.0942. The second-order valence-corrected chi connectivity index (χ2v) is 12.0. The lowest BCUT2D eigenvalue weighted by atomic mass is 10.0. The molecule has 0 radical (unpaired) electrons. The minimum atomic E-state index is -0.123. The zero-order valence-corrected chi connectivity index (χ0v) is 27.4. The van der Waals surface area contributed by atoms with E-state index in [0.717, 1.165) is 51.4 Å². The number of carbonyl (C=O) groups excluding carboxylic acids is 4. The van der Waals surface area contributed by atoms with Crippen molar-refractivity contribution in [3.05, 3.63) is 70.8 Å². The summed E-state index contributed by atoms with van der Waals surface area (Å²) >= 11 is 0. The van der Waals surface area contributed by atoms with Gasteiger partial charge in [0.15, 0.2) is 11.6 Å². The molecule has 44 heavy (non-hydrogen) atoms. The molecule has 0 bridgehead atoms. The van der Waals surface area contributed by atoms with Crippen molar-refractivity contribution in [2.75, 3.05) is 13.1 Å². The minimum Gasteiger partial charge on any atom is -0.352 e. The summed E-state index contributed by atoms with van der Waals surface area (Å²) in [6.45, 7) is 5.58. The summed E-state index contributed by atoms with van der Waals surface area (Å²) in [4.78, 5) is 49.7. The summed E-state index contributed by atoms with van der Waals surface area (Å²) < 4.78 is 0. The Bertz CT molecular complexity index is 1020. The molecular formula is C38H56N2O4. The molecule has 2 aromatic rings. The fraction of sp³-hybridized carbons (Fsp3) is 0.579. The molecule has 2 rings (SSSR count). The summed E-state index contributed by atoms with van der Waals surface area (Å²) in [5.41, 5.74) is 2.49. The van der Waals surface area contributed by atoms with Gasteiger partial charge in [-0.3, -0.25) is 19.2 Å². The lowest BCUT2D eigenvalue weighted by Gasteiger charge is -2.08. The Kier molecular flexibility index (Phi) is 19.4. The summed E-state index contributed by atoms with van der Waals surface area (Å²) in [5.74, 6) is 0.0452. The van der Waals surface area contributed by atoms with Gasteiger partial charge in [-0.1, -0.05) is 115 Å². The first kappa shape index (κ1) is 36.9. The van der Waals surface area contributed by atoms with Gasteiger partial charge in [-0.2, -0.15) is 0 Å². The van der Waals surface area contributed by atoms with E-state index in [9.17, 15) is 19.2 Å². The molecule has 0 saturated carbocycles. The maximum atomic E-state index is 12.5. The minimum absolute atomic E-state index is 0.123. The molecule has 0 saturated heterocycles. The Hall–Kier alpha value is -3.28. The van der Waals surface area contributed by atoms with E-state index in [1.54, 1.807) is 48.5 Å². The molecule has 0 atom stereocenters. The number of hydrogen-bond acceptors (Lipinski definition) is 4. The Morgan fingerprint density at radius 1 is 0.409 bits per heavy atom. The largest absolute Gasteiger partial charge is 0.352 e. The van der Waals surface area contributed by atoms with E-state index in [1.807, 2.05) is 0 Å². The van der Waals surface area contributed by atoms with Gasteiger partial charge < -0.3 is 10.6 Å². The van der Waals surface area contributed by atoms with Crippen LogP contribution in [-0.4, -0.2) is 36.5 Å². The van der Waals surface area contributed by atoms with Gasteiger partial charge in [0.2, 0.25) is 0 Å². The molecule has 2 N–H and O–H groups in total. The average Bonchev–Trinajstić information content (AvgIpc) is 3.05. The SMILES string of the molecule is CCCCCCCCC(=O)c1ccc(C(=O)NCCCCCCNC(=O)c2ccc(C(=O)CCCCCCCC)cc2)cc1. The van der Waals surface area contributed by atoms with Crippen LogP contribution in [0.5, 0.6) is 0 Å². The van der Waals surface area contributed by atoms with Gasteiger partial charge in [-0.15, -0.1) is 0 Å². The van der Waals surface area contributed by atoms with Crippen molar-refractivity contribution in [2.45, 2.75) is 129 Å². The van der Waals surface area contributed by atoms with Gasteiger partial charge in [0, 0.05) is 48.2 Å². The third kappa shape index (κ3) is 15.4. The highest BCUT2D eigenvalue weighted by atomic mass is 16.2. The van der Waals surface area contributed by atoms with Gasteiger partial charge in [-0.05, 0) is 49.9 Å². The monoisotopic (exact) mass is 604 g/mol. The quantitative estimate of drug-likeness (QED) is 0.0873. The van der Waals surface area contributed by atoms with Crippen molar-refractivity contribution < 1.29 is 19.2 Å². The van der Waals surface area contributed by atoms with Crippen molar-refractivity contribution in [3.63, 3.8) is 0 Å². The number of amides is 2. The summed E-state index contributed by atoms with van der Waals surface area (Å²) in [5, 5.41) is 5.91. The van der Waals surface area contributed by atoms with Crippen molar-refractivity contribution in [3.8, 4) is 0 Å².